The van der Waals surface area contributed by atoms with E-state index < -0.39 is 18.1 Å². The zero-order valence-electron chi connectivity index (χ0n) is 14.8. The van der Waals surface area contributed by atoms with Gasteiger partial charge in [0.15, 0.2) is 6.10 Å². The first-order chi connectivity index (χ1) is 13.1. The third kappa shape index (κ3) is 4.25. The third-order valence-electron chi connectivity index (χ3n) is 5.36. The van der Waals surface area contributed by atoms with E-state index in [9.17, 15) is 9.18 Å². The van der Waals surface area contributed by atoms with Crippen molar-refractivity contribution in [3.8, 4) is 0 Å². The minimum atomic E-state index is -0.784. The van der Waals surface area contributed by atoms with Crippen LogP contribution in [0.2, 0.25) is 5.02 Å². The molecule has 2 aromatic rings. The number of carbonyl (C=O) groups is 1. The first-order valence-electron chi connectivity index (χ1n) is 9.19. The predicted octanol–water partition coefficient (Wildman–Crippen LogP) is 4.82. The topological polar surface area (TPSA) is 38.8 Å². The summed E-state index contributed by atoms with van der Waals surface area (Å²) in [4.78, 5) is 14.8. The molecule has 0 amide bonds. The predicted molar refractivity (Wildman–Crippen MR) is 100 cm³/mol. The molecular weight excluding hydrogens is 369 g/mol. The van der Waals surface area contributed by atoms with Crippen molar-refractivity contribution < 1.29 is 18.7 Å². The summed E-state index contributed by atoms with van der Waals surface area (Å²) in [6.45, 7) is 2.88. The molecule has 2 bridgehead atoms. The highest BCUT2D eigenvalue weighted by Gasteiger charge is 2.37. The second-order valence-corrected chi connectivity index (χ2v) is 7.59. The average molecular weight is 390 g/mol. The molecule has 3 aliphatic heterocycles. The quantitative estimate of drug-likeness (QED) is 0.703. The van der Waals surface area contributed by atoms with Crippen LogP contribution in [-0.2, 0) is 9.47 Å². The second-order valence-electron chi connectivity index (χ2n) is 7.15. The molecule has 2 atom stereocenters. The first kappa shape index (κ1) is 18.3. The lowest BCUT2D eigenvalue weighted by Gasteiger charge is -2.43. The summed E-state index contributed by atoms with van der Waals surface area (Å²) < 4.78 is 25.0. The largest absolute Gasteiger partial charge is 0.509 e. The van der Waals surface area contributed by atoms with E-state index in [0.717, 1.165) is 32.5 Å². The molecule has 27 heavy (non-hydrogen) atoms. The van der Waals surface area contributed by atoms with Crippen LogP contribution in [0.1, 0.15) is 30.1 Å². The van der Waals surface area contributed by atoms with Crippen LogP contribution in [0.3, 0.4) is 0 Å². The minimum Gasteiger partial charge on any atom is -0.429 e. The number of rotatable bonds is 4. The lowest BCUT2D eigenvalue weighted by atomic mass is 9.86. The van der Waals surface area contributed by atoms with Crippen LogP contribution in [0.5, 0.6) is 0 Å². The van der Waals surface area contributed by atoms with Gasteiger partial charge in [-0.1, -0.05) is 35.9 Å². The second kappa shape index (κ2) is 7.87. The molecule has 4 nitrogen and oxygen atoms in total. The molecule has 0 spiro atoms. The van der Waals surface area contributed by atoms with Gasteiger partial charge in [0.2, 0.25) is 0 Å². The number of halogens is 2. The Kier molecular flexibility index (Phi) is 5.32. The number of hydrogen-bond donors (Lipinski definition) is 0. The molecule has 0 N–H and O–H groups in total. The fourth-order valence-corrected chi connectivity index (χ4v) is 4.16. The Morgan fingerprint density at radius 1 is 1.11 bits per heavy atom. The van der Waals surface area contributed by atoms with Crippen molar-refractivity contribution >= 4 is 17.8 Å². The summed E-state index contributed by atoms with van der Waals surface area (Å²) in [5, 5.41) is 0.517. The number of hydrogen-bond acceptors (Lipinski definition) is 4. The van der Waals surface area contributed by atoms with Crippen molar-refractivity contribution in [2.75, 3.05) is 19.6 Å². The molecule has 0 aliphatic carbocycles. The smallest absolute Gasteiger partial charge is 0.429 e. The van der Waals surface area contributed by atoms with Crippen molar-refractivity contribution in [3.63, 3.8) is 0 Å². The Labute approximate surface area is 162 Å². The Balaban J connectivity index is 1.53. The Morgan fingerprint density at radius 3 is 2.44 bits per heavy atom. The van der Waals surface area contributed by atoms with Crippen LogP contribution in [0, 0.1) is 11.7 Å². The van der Waals surface area contributed by atoms with Gasteiger partial charge in [-0.2, -0.15) is 0 Å². The highest BCUT2D eigenvalue weighted by Crippen LogP contribution is 2.32. The number of carbonyl (C=O) groups excluding carboxylic acids is 1. The molecule has 3 fully saturated rings. The standard InChI is InChI=1S/C21H21ClFNO3/c22-17-5-1-3-15(11-17)20(16-4-2-6-18(23)12-16)27-21(25)26-19-13-24-9-7-14(19)8-10-24/h1-6,11-12,14,19-20H,7-10,13H2/t19?,20-/m0/s1. The van der Waals surface area contributed by atoms with E-state index in [0.29, 0.717) is 22.1 Å². The first-order valence-corrected chi connectivity index (χ1v) is 9.57. The summed E-state index contributed by atoms with van der Waals surface area (Å²) >= 11 is 6.09. The van der Waals surface area contributed by atoms with Crippen molar-refractivity contribution in [3.05, 3.63) is 70.5 Å². The number of fused-ring (bicyclic) bond motifs is 3. The van der Waals surface area contributed by atoms with Crippen LogP contribution in [0.15, 0.2) is 48.5 Å². The van der Waals surface area contributed by atoms with Crippen LogP contribution in [-0.4, -0.2) is 36.8 Å². The molecule has 1 unspecified atom stereocenters. The Morgan fingerprint density at radius 2 is 1.81 bits per heavy atom. The molecule has 2 aromatic carbocycles. The average Bonchev–Trinajstić information content (AvgIpc) is 2.67. The molecule has 0 aromatic heterocycles. The van der Waals surface area contributed by atoms with Crippen LogP contribution in [0.4, 0.5) is 9.18 Å². The normalized spacial score (nSPS) is 25.0. The third-order valence-corrected chi connectivity index (χ3v) is 5.60. The van der Waals surface area contributed by atoms with E-state index in [4.69, 9.17) is 21.1 Å². The van der Waals surface area contributed by atoms with Gasteiger partial charge in [-0.15, -0.1) is 0 Å². The minimum absolute atomic E-state index is 0.146. The summed E-state index contributed by atoms with van der Waals surface area (Å²) in [5.41, 5.74) is 1.20. The summed E-state index contributed by atoms with van der Waals surface area (Å²) in [6, 6.07) is 13.0. The Hall–Kier alpha value is -2.11. The molecule has 6 heteroatoms. The molecular formula is C21H21ClFNO3. The van der Waals surface area contributed by atoms with Crippen LogP contribution < -0.4 is 0 Å². The number of nitrogens with zero attached hydrogens (tertiary/aromatic N) is 1. The lowest BCUT2D eigenvalue weighted by molar-refractivity contribution is -0.0642. The summed E-state index contributed by atoms with van der Waals surface area (Å²) in [6.07, 6.45) is 0.419. The fourth-order valence-electron chi connectivity index (χ4n) is 3.96. The van der Waals surface area contributed by atoms with Gasteiger partial charge in [0.1, 0.15) is 11.9 Å². The van der Waals surface area contributed by atoms with E-state index in [1.807, 2.05) is 0 Å². The zero-order chi connectivity index (χ0) is 18.8. The summed E-state index contributed by atoms with van der Waals surface area (Å²) in [5.74, 6) is -0.00442. The molecule has 142 valence electrons. The number of benzene rings is 2. The molecule has 0 radical (unpaired) electrons. The van der Waals surface area contributed by atoms with Crippen molar-refractivity contribution in [1.82, 2.24) is 4.90 Å². The van der Waals surface area contributed by atoms with Gasteiger partial charge < -0.3 is 9.47 Å². The molecule has 0 saturated carbocycles. The van der Waals surface area contributed by atoms with E-state index in [1.54, 1.807) is 36.4 Å². The monoisotopic (exact) mass is 389 g/mol. The Bertz CT molecular complexity index is 777. The van der Waals surface area contributed by atoms with E-state index in [2.05, 4.69) is 4.90 Å². The van der Waals surface area contributed by atoms with E-state index >= 15 is 0 Å². The summed E-state index contributed by atoms with van der Waals surface area (Å²) in [7, 11) is 0. The van der Waals surface area contributed by atoms with Gasteiger partial charge in [0.25, 0.3) is 0 Å². The van der Waals surface area contributed by atoms with Crippen molar-refractivity contribution in [1.29, 1.82) is 0 Å². The maximum atomic E-state index is 13.7. The van der Waals surface area contributed by atoms with Crippen molar-refractivity contribution in [2.45, 2.75) is 25.0 Å². The fraction of sp³-hybridized carbons (Fsp3) is 0.381. The zero-order valence-corrected chi connectivity index (χ0v) is 15.6. The molecule has 5 rings (SSSR count). The van der Waals surface area contributed by atoms with E-state index in [-0.39, 0.29) is 6.10 Å². The van der Waals surface area contributed by atoms with Crippen molar-refractivity contribution in [2.24, 2.45) is 5.92 Å². The van der Waals surface area contributed by atoms with Crippen LogP contribution >= 0.6 is 11.6 Å². The molecule has 3 saturated heterocycles. The van der Waals surface area contributed by atoms with Gasteiger partial charge in [0, 0.05) is 17.1 Å². The molecule has 3 heterocycles. The molecule has 3 aliphatic rings. The number of ether oxygens (including phenoxy) is 2. The lowest BCUT2D eigenvalue weighted by Crippen LogP contribution is -2.52. The maximum absolute atomic E-state index is 13.7. The van der Waals surface area contributed by atoms with Gasteiger partial charge in [-0.25, -0.2) is 9.18 Å². The van der Waals surface area contributed by atoms with Gasteiger partial charge in [-0.3, -0.25) is 4.90 Å². The maximum Gasteiger partial charge on any atom is 0.509 e. The SMILES string of the molecule is O=C(OC1CN2CCC1CC2)O[C@H](c1cccc(F)c1)c1cccc(Cl)c1. The highest BCUT2D eigenvalue weighted by atomic mass is 35.5. The van der Waals surface area contributed by atoms with Crippen LogP contribution in [0.25, 0.3) is 0 Å². The van der Waals surface area contributed by atoms with Gasteiger partial charge >= 0.3 is 6.16 Å². The van der Waals surface area contributed by atoms with Gasteiger partial charge in [-0.05, 0) is 61.7 Å². The van der Waals surface area contributed by atoms with E-state index in [1.165, 1.54) is 12.1 Å². The number of piperidine rings is 3. The highest BCUT2D eigenvalue weighted by molar-refractivity contribution is 6.30. The van der Waals surface area contributed by atoms with Gasteiger partial charge in [0.05, 0.1) is 0 Å².